The number of hydrogen-bond acceptors (Lipinski definition) is 4. The molecule has 1 N–H and O–H groups in total. The molecule has 5 heteroatoms. The van der Waals surface area contributed by atoms with Crippen LogP contribution in [0.25, 0.3) is 10.9 Å². The molecule has 2 aromatic rings. The minimum absolute atomic E-state index is 0.244. The number of para-hydroxylation sites is 1. The average molecular weight is 286 g/mol. The Kier molecular flexibility index (Phi) is 3.75. The summed E-state index contributed by atoms with van der Waals surface area (Å²) >= 11 is 0. The van der Waals surface area contributed by atoms with Crippen molar-refractivity contribution in [1.82, 2.24) is 4.98 Å². The number of carboxylic acids is 1. The van der Waals surface area contributed by atoms with E-state index in [4.69, 9.17) is 4.74 Å². The third kappa shape index (κ3) is 2.56. The van der Waals surface area contributed by atoms with Gasteiger partial charge in [-0.15, -0.1) is 0 Å². The molecule has 21 heavy (non-hydrogen) atoms. The number of hydrogen-bond donors (Lipinski definition) is 1. The van der Waals surface area contributed by atoms with Crippen LogP contribution < -0.4 is 4.90 Å². The van der Waals surface area contributed by atoms with Gasteiger partial charge in [-0.05, 0) is 18.6 Å². The number of anilines is 1. The van der Waals surface area contributed by atoms with E-state index in [2.05, 4.69) is 16.8 Å². The van der Waals surface area contributed by atoms with Gasteiger partial charge in [0.2, 0.25) is 0 Å². The zero-order chi connectivity index (χ0) is 14.8. The summed E-state index contributed by atoms with van der Waals surface area (Å²) in [5.74, 6) is -0.197. The van der Waals surface area contributed by atoms with E-state index in [-0.39, 0.29) is 6.04 Å². The van der Waals surface area contributed by atoms with Crippen molar-refractivity contribution in [3.8, 4) is 0 Å². The molecular formula is C16H18N2O3. The van der Waals surface area contributed by atoms with Crippen molar-refractivity contribution in [2.24, 2.45) is 0 Å². The van der Waals surface area contributed by atoms with Crippen molar-refractivity contribution >= 4 is 22.7 Å². The maximum Gasteiger partial charge on any atom is 0.336 e. The number of aromatic nitrogens is 1. The predicted octanol–water partition coefficient (Wildman–Crippen LogP) is 2.55. The number of ether oxygens (including phenoxy) is 1. The largest absolute Gasteiger partial charge is 0.478 e. The van der Waals surface area contributed by atoms with E-state index >= 15 is 0 Å². The van der Waals surface area contributed by atoms with Crippen LogP contribution >= 0.6 is 0 Å². The van der Waals surface area contributed by atoms with Gasteiger partial charge in [-0.2, -0.15) is 0 Å². The minimum Gasteiger partial charge on any atom is -0.478 e. The summed E-state index contributed by atoms with van der Waals surface area (Å²) in [5.41, 5.74) is 1.02. The molecule has 0 spiro atoms. The Labute approximate surface area is 123 Å². The van der Waals surface area contributed by atoms with Gasteiger partial charge in [0, 0.05) is 11.9 Å². The van der Waals surface area contributed by atoms with Crippen LogP contribution in [0.4, 0.5) is 5.82 Å². The summed E-state index contributed by atoms with van der Waals surface area (Å²) in [7, 11) is 0. The molecule has 110 valence electrons. The van der Waals surface area contributed by atoms with E-state index in [1.54, 1.807) is 12.1 Å². The Morgan fingerprint density at radius 1 is 1.48 bits per heavy atom. The lowest BCUT2D eigenvalue weighted by atomic mass is 10.1. The lowest BCUT2D eigenvalue weighted by Crippen LogP contribution is -2.45. The second-order valence-corrected chi connectivity index (χ2v) is 5.18. The van der Waals surface area contributed by atoms with Crippen LogP contribution in [0.3, 0.4) is 0 Å². The lowest BCUT2D eigenvalue weighted by Gasteiger charge is -2.36. The zero-order valence-electron chi connectivity index (χ0n) is 12.0. The molecule has 1 aliphatic heterocycles. The number of pyridine rings is 1. The molecular weight excluding hydrogens is 268 g/mol. The van der Waals surface area contributed by atoms with Crippen LogP contribution in [0, 0.1) is 0 Å². The fraction of sp³-hybridized carbons (Fsp3) is 0.375. The second kappa shape index (κ2) is 5.69. The number of morpholine rings is 1. The number of rotatable bonds is 3. The van der Waals surface area contributed by atoms with E-state index in [9.17, 15) is 9.90 Å². The van der Waals surface area contributed by atoms with Gasteiger partial charge in [0.25, 0.3) is 0 Å². The van der Waals surface area contributed by atoms with Gasteiger partial charge in [0.15, 0.2) is 0 Å². The summed E-state index contributed by atoms with van der Waals surface area (Å²) in [6.07, 6.45) is 0.941. The topological polar surface area (TPSA) is 62.7 Å². The summed E-state index contributed by atoms with van der Waals surface area (Å²) < 4.78 is 5.50. The molecule has 1 atom stereocenters. The first-order valence-electron chi connectivity index (χ1n) is 7.18. The number of fused-ring (bicyclic) bond motifs is 1. The molecule has 3 rings (SSSR count). The van der Waals surface area contributed by atoms with Gasteiger partial charge < -0.3 is 14.7 Å². The molecule has 0 amide bonds. The molecule has 1 saturated heterocycles. The fourth-order valence-electron chi connectivity index (χ4n) is 2.78. The van der Waals surface area contributed by atoms with E-state index < -0.39 is 5.97 Å². The van der Waals surface area contributed by atoms with Gasteiger partial charge >= 0.3 is 5.97 Å². The number of aromatic carboxylic acids is 1. The van der Waals surface area contributed by atoms with Crippen LogP contribution in [0.5, 0.6) is 0 Å². The van der Waals surface area contributed by atoms with Crippen LogP contribution in [-0.4, -0.2) is 41.9 Å². The molecule has 1 aliphatic rings. The quantitative estimate of drug-likeness (QED) is 0.939. The SMILES string of the molecule is CCC1COCCN1c1cc(C(=O)O)c2ccccc2n1. The molecule has 1 unspecified atom stereocenters. The second-order valence-electron chi connectivity index (χ2n) is 5.18. The Bertz CT molecular complexity index is 672. The highest BCUT2D eigenvalue weighted by Crippen LogP contribution is 2.26. The highest BCUT2D eigenvalue weighted by molar-refractivity contribution is 6.03. The predicted molar refractivity (Wildman–Crippen MR) is 80.9 cm³/mol. The van der Waals surface area contributed by atoms with Crippen molar-refractivity contribution in [1.29, 1.82) is 0 Å². The standard InChI is InChI=1S/C16H18N2O3/c1-2-11-10-21-8-7-18(11)15-9-13(16(19)20)12-5-3-4-6-14(12)17-15/h3-6,9,11H,2,7-8,10H2,1H3,(H,19,20). The van der Waals surface area contributed by atoms with E-state index in [1.165, 1.54) is 0 Å². The van der Waals surface area contributed by atoms with E-state index in [0.29, 0.717) is 29.7 Å². The van der Waals surface area contributed by atoms with Crippen LogP contribution in [0.15, 0.2) is 30.3 Å². The Morgan fingerprint density at radius 3 is 3.05 bits per heavy atom. The maximum atomic E-state index is 11.5. The average Bonchev–Trinajstić information content (AvgIpc) is 2.53. The highest BCUT2D eigenvalue weighted by Gasteiger charge is 2.24. The summed E-state index contributed by atoms with van der Waals surface area (Å²) in [5, 5.41) is 10.1. The van der Waals surface area contributed by atoms with Crippen LogP contribution in [0.2, 0.25) is 0 Å². The molecule has 0 aliphatic carbocycles. The number of carboxylic acid groups (broad SMARTS) is 1. The smallest absolute Gasteiger partial charge is 0.336 e. The van der Waals surface area contributed by atoms with E-state index in [0.717, 1.165) is 18.8 Å². The first kappa shape index (κ1) is 13.8. The summed E-state index contributed by atoms with van der Waals surface area (Å²) in [6, 6.07) is 9.28. The van der Waals surface area contributed by atoms with Crippen molar-refractivity contribution in [3.05, 3.63) is 35.9 Å². The summed E-state index contributed by atoms with van der Waals surface area (Å²) in [6.45, 7) is 4.15. The molecule has 5 nitrogen and oxygen atoms in total. The van der Waals surface area contributed by atoms with Gasteiger partial charge in [0.1, 0.15) is 5.82 Å². The van der Waals surface area contributed by atoms with Gasteiger partial charge in [0.05, 0.1) is 30.3 Å². The molecule has 0 saturated carbocycles. The maximum absolute atomic E-state index is 11.5. The highest BCUT2D eigenvalue weighted by atomic mass is 16.5. The lowest BCUT2D eigenvalue weighted by molar-refractivity contribution is 0.0699. The zero-order valence-corrected chi connectivity index (χ0v) is 12.0. The number of nitrogens with zero attached hydrogens (tertiary/aromatic N) is 2. The van der Waals surface area contributed by atoms with Crippen LogP contribution in [0.1, 0.15) is 23.7 Å². The van der Waals surface area contributed by atoms with Crippen molar-refractivity contribution in [3.63, 3.8) is 0 Å². The van der Waals surface area contributed by atoms with Gasteiger partial charge in [-0.1, -0.05) is 25.1 Å². The molecule has 2 heterocycles. The molecule has 0 radical (unpaired) electrons. The van der Waals surface area contributed by atoms with E-state index in [1.807, 2.05) is 18.2 Å². The minimum atomic E-state index is -0.920. The first-order chi connectivity index (χ1) is 10.2. The number of benzene rings is 1. The third-order valence-electron chi connectivity index (χ3n) is 3.93. The Morgan fingerprint density at radius 2 is 2.29 bits per heavy atom. The number of carbonyl (C=O) groups is 1. The molecule has 1 fully saturated rings. The molecule has 0 bridgehead atoms. The van der Waals surface area contributed by atoms with Crippen molar-refractivity contribution in [2.75, 3.05) is 24.7 Å². The Hall–Kier alpha value is -2.14. The monoisotopic (exact) mass is 286 g/mol. The summed E-state index contributed by atoms with van der Waals surface area (Å²) in [4.78, 5) is 18.3. The van der Waals surface area contributed by atoms with Gasteiger partial charge in [-0.3, -0.25) is 0 Å². The normalized spacial score (nSPS) is 18.9. The molecule has 1 aromatic carbocycles. The molecule has 1 aromatic heterocycles. The van der Waals surface area contributed by atoms with Crippen LogP contribution in [-0.2, 0) is 4.74 Å². The van der Waals surface area contributed by atoms with Crippen molar-refractivity contribution in [2.45, 2.75) is 19.4 Å². The van der Waals surface area contributed by atoms with Gasteiger partial charge in [-0.25, -0.2) is 9.78 Å². The first-order valence-corrected chi connectivity index (χ1v) is 7.18. The van der Waals surface area contributed by atoms with Crippen molar-refractivity contribution < 1.29 is 14.6 Å². The third-order valence-corrected chi connectivity index (χ3v) is 3.93. The fourth-order valence-corrected chi connectivity index (χ4v) is 2.78. The Balaban J connectivity index is 2.12.